The zero-order chi connectivity index (χ0) is 9.14. The Labute approximate surface area is 69.9 Å². The van der Waals surface area contributed by atoms with Crippen molar-refractivity contribution in [1.29, 1.82) is 0 Å². The maximum absolute atomic E-state index is 10.6. The van der Waals surface area contributed by atoms with Gasteiger partial charge in [0, 0.05) is 0 Å². The summed E-state index contributed by atoms with van der Waals surface area (Å²) in [5.41, 5.74) is 5.26. The van der Waals surface area contributed by atoms with Crippen molar-refractivity contribution in [1.82, 2.24) is 10.1 Å². The van der Waals surface area contributed by atoms with Gasteiger partial charge in [0.15, 0.2) is 0 Å². The van der Waals surface area contributed by atoms with Crippen molar-refractivity contribution in [2.75, 3.05) is 0 Å². The predicted octanol–water partition coefficient (Wildman–Crippen LogP) is 0.409. The van der Waals surface area contributed by atoms with E-state index >= 15 is 0 Å². The van der Waals surface area contributed by atoms with Crippen LogP contribution in [0.3, 0.4) is 0 Å². The van der Waals surface area contributed by atoms with Crippen molar-refractivity contribution in [3.63, 3.8) is 0 Å². The van der Waals surface area contributed by atoms with E-state index in [-0.39, 0.29) is 17.9 Å². The van der Waals surface area contributed by atoms with Crippen LogP contribution in [0.5, 0.6) is 0 Å². The van der Waals surface area contributed by atoms with Crippen LogP contribution in [0.15, 0.2) is 9.32 Å². The molecule has 0 aliphatic carbocycles. The number of nitrogens with two attached hydrogens (primary N) is 1. The van der Waals surface area contributed by atoms with Crippen LogP contribution in [0.4, 0.5) is 0 Å². The summed E-state index contributed by atoms with van der Waals surface area (Å²) in [5, 5.41) is 2.11. The molecule has 2 atom stereocenters. The largest absolute Gasteiger partial charge is 0.377 e. The minimum absolute atomic E-state index is 0.261. The predicted molar refractivity (Wildman–Crippen MR) is 43.5 cm³/mol. The highest BCUT2D eigenvalue weighted by molar-refractivity contribution is 4.87. The maximum atomic E-state index is 10.6. The molecule has 0 amide bonds. The molecule has 0 saturated heterocycles. The summed E-state index contributed by atoms with van der Waals surface area (Å²) in [6, 6.07) is -0.297. The van der Waals surface area contributed by atoms with Crippen molar-refractivity contribution in [3.8, 4) is 0 Å². The van der Waals surface area contributed by atoms with E-state index < -0.39 is 5.69 Å². The Hall–Kier alpha value is -1.10. The molecule has 5 heteroatoms. The van der Waals surface area contributed by atoms with E-state index in [0.29, 0.717) is 0 Å². The Balaban J connectivity index is 2.77. The Morgan fingerprint density at radius 1 is 1.75 bits per heavy atom. The molecule has 1 aromatic heterocycles. The van der Waals surface area contributed by atoms with E-state index in [4.69, 9.17) is 10.3 Å². The molecule has 0 saturated carbocycles. The molecule has 0 radical (unpaired) electrons. The topological polar surface area (TPSA) is 84.9 Å². The lowest BCUT2D eigenvalue weighted by Crippen LogP contribution is -2.19. The SMILES string of the molecule is CC[C@H](C)[C@H](N)c1nc(=O)[nH]o1. The maximum Gasteiger partial charge on any atom is 0.377 e. The van der Waals surface area contributed by atoms with Gasteiger partial charge < -0.3 is 10.3 Å². The highest BCUT2D eigenvalue weighted by Crippen LogP contribution is 2.18. The number of aromatic nitrogens is 2. The third-order valence-electron chi connectivity index (χ3n) is 2.00. The fourth-order valence-electron chi connectivity index (χ4n) is 0.882. The van der Waals surface area contributed by atoms with Gasteiger partial charge in [-0.05, 0) is 5.92 Å². The first-order chi connectivity index (χ1) is 5.65. The van der Waals surface area contributed by atoms with Gasteiger partial charge in [0.05, 0.1) is 6.04 Å². The van der Waals surface area contributed by atoms with E-state index in [0.717, 1.165) is 6.42 Å². The molecule has 0 aliphatic heterocycles. The van der Waals surface area contributed by atoms with Crippen molar-refractivity contribution < 1.29 is 4.52 Å². The summed E-state index contributed by atoms with van der Waals surface area (Å²) in [6.07, 6.45) is 0.928. The van der Waals surface area contributed by atoms with Gasteiger partial charge in [0.2, 0.25) is 5.89 Å². The van der Waals surface area contributed by atoms with Gasteiger partial charge >= 0.3 is 5.69 Å². The zero-order valence-corrected chi connectivity index (χ0v) is 7.20. The number of rotatable bonds is 3. The van der Waals surface area contributed by atoms with E-state index in [1.165, 1.54) is 0 Å². The fourth-order valence-corrected chi connectivity index (χ4v) is 0.882. The van der Waals surface area contributed by atoms with Crippen LogP contribution in [0.25, 0.3) is 0 Å². The second-order valence-electron chi connectivity index (χ2n) is 2.87. The molecule has 0 spiro atoms. The van der Waals surface area contributed by atoms with Gasteiger partial charge in [-0.3, -0.25) is 0 Å². The van der Waals surface area contributed by atoms with E-state index in [1.54, 1.807) is 0 Å². The molecule has 3 N–H and O–H groups in total. The van der Waals surface area contributed by atoms with Crippen LogP contribution in [-0.4, -0.2) is 10.1 Å². The average Bonchev–Trinajstić information content (AvgIpc) is 2.49. The summed E-state index contributed by atoms with van der Waals surface area (Å²) in [7, 11) is 0. The number of nitrogens with zero attached hydrogens (tertiary/aromatic N) is 1. The van der Waals surface area contributed by atoms with Crippen LogP contribution in [0, 0.1) is 5.92 Å². The van der Waals surface area contributed by atoms with Crippen molar-refractivity contribution >= 4 is 0 Å². The van der Waals surface area contributed by atoms with E-state index in [9.17, 15) is 4.79 Å². The molecule has 12 heavy (non-hydrogen) atoms. The number of H-pyrrole nitrogens is 1. The summed E-state index contributed by atoms with van der Waals surface area (Å²) in [5.74, 6) is 0.547. The molecule has 0 fully saturated rings. The van der Waals surface area contributed by atoms with Gasteiger partial charge in [-0.1, -0.05) is 20.3 Å². The van der Waals surface area contributed by atoms with E-state index in [1.807, 2.05) is 13.8 Å². The molecule has 1 rings (SSSR count). The Bertz CT molecular complexity index is 291. The van der Waals surface area contributed by atoms with Gasteiger partial charge in [-0.25, -0.2) is 4.79 Å². The second kappa shape index (κ2) is 3.53. The summed E-state index contributed by atoms with van der Waals surface area (Å²) in [6.45, 7) is 4.01. The highest BCUT2D eigenvalue weighted by atomic mass is 16.5. The normalized spacial score (nSPS) is 15.9. The molecule has 68 valence electrons. The first-order valence-electron chi connectivity index (χ1n) is 3.96. The number of aromatic amines is 1. The van der Waals surface area contributed by atoms with Gasteiger partial charge in [0.1, 0.15) is 0 Å². The van der Waals surface area contributed by atoms with Crippen molar-refractivity contribution in [2.45, 2.75) is 26.3 Å². The molecule has 0 aliphatic rings. The minimum atomic E-state index is -0.483. The molecule has 1 heterocycles. The third kappa shape index (κ3) is 1.73. The van der Waals surface area contributed by atoms with Gasteiger partial charge in [-0.2, -0.15) is 10.1 Å². The van der Waals surface area contributed by atoms with Crippen molar-refractivity contribution in [3.05, 3.63) is 16.4 Å². The van der Waals surface area contributed by atoms with Crippen LogP contribution >= 0.6 is 0 Å². The molecular weight excluding hydrogens is 158 g/mol. The van der Waals surface area contributed by atoms with Gasteiger partial charge in [0.25, 0.3) is 0 Å². The lowest BCUT2D eigenvalue weighted by molar-refractivity contribution is 0.310. The summed E-state index contributed by atoms with van der Waals surface area (Å²) >= 11 is 0. The van der Waals surface area contributed by atoms with Crippen molar-refractivity contribution in [2.24, 2.45) is 11.7 Å². The monoisotopic (exact) mass is 171 g/mol. The van der Waals surface area contributed by atoms with Gasteiger partial charge in [-0.15, -0.1) is 0 Å². The van der Waals surface area contributed by atoms with E-state index in [2.05, 4.69) is 10.1 Å². The first-order valence-corrected chi connectivity index (χ1v) is 3.96. The fraction of sp³-hybridized carbons (Fsp3) is 0.714. The third-order valence-corrected chi connectivity index (χ3v) is 2.00. The smallest absolute Gasteiger partial charge is 0.360 e. The Morgan fingerprint density at radius 2 is 2.42 bits per heavy atom. The minimum Gasteiger partial charge on any atom is -0.360 e. The highest BCUT2D eigenvalue weighted by Gasteiger charge is 2.18. The van der Waals surface area contributed by atoms with Crippen LogP contribution in [-0.2, 0) is 0 Å². The Morgan fingerprint density at radius 3 is 2.83 bits per heavy atom. The standard InChI is InChI=1S/C7H13N3O2/c1-3-4(2)5(8)6-9-7(11)10-12-6/h4-5H,3,8H2,1-2H3,(H,10,11)/t4-,5-/m0/s1. The van der Waals surface area contributed by atoms with Crippen LogP contribution in [0.1, 0.15) is 32.2 Å². The molecule has 0 unspecified atom stereocenters. The summed E-state index contributed by atoms with van der Waals surface area (Å²) < 4.78 is 4.78. The first kappa shape index (κ1) is 8.99. The van der Waals surface area contributed by atoms with Crippen LogP contribution in [0.2, 0.25) is 0 Å². The summed E-state index contributed by atoms with van der Waals surface area (Å²) in [4.78, 5) is 14.2. The number of nitrogens with one attached hydrogen (secondary N) is 1. The molecule has 1 aromatic rings. The quantitative estimate of drug-likeness (QED) is 0.689. The Kier molecular flexibility index (Phi) is 2.65. The number of hydrogen-bond acceptors (Lipinski definition) is 4. The lowest BCUT2D eigenvalue weighted by Gasteiger charge is -2.12. The lowest BCUT2D eigenvalue weighted by atomic mass is 10.0. The average molecular weight is 171 g/mol. The zero-order valence-electron chi connectivity index (χ0n) is 7.20. The molecule has 5 nitrogen and oxygen atoms in total. The second-order valence-corrected chi connectivity index (χ2v) is 2.87. The van der Waals surface area contributed by atoms with Crippen LogP contribution < -0.4 is 11.4 Å². The molecule has 0 bridgehead atoms. The molecule has 0 aromatic carbocycles. The molecular formula is C7H13N3O2. The number of hydrogen-bond donors (Lipinski definition) is 2.